The maximum absolute atomic E-state index is 9.28. The molecule has 0 saturated carbocycles. The van der Waals surface area contributed by atoms with Gasteiger partial charge in [0.2, 0.25) is 0 Å². The summed E-state index contributed by atoms with van der Waals surface area (Å²) in [5, 5.41) is 13.7. The van der Waals surface area contributed by atoms with Crippen molar-refractivity contribution in [3.63, 3.8) is 0 Å². The van der Waals surface area contributed by atoms with E-state index in [2.05, 4.69) is 25.5 Å². The summed E-state index contributed by atoms with van der Waals surface area (Å²) in [7, 11) is 0. The van der Waals surface area contributed by atoms with Crippen molar-refractivity contribution in [2.75, 3.05) is 0 Å². The van der Waals surface area contributed by atoms with Crippen LogP contribution in [0.2, 0.25) is 0 Å². The third-order valence-corrected chi connectivity index (χ3v) is 0.445. The van der Waals surface area contributed by atoms with E-state index in [1.807, 2.05) is 5.34 Å². The summed E-state index contributed by atoms with van der Waals surface area (Å²) in [6.07, 6.45) is 0. The van der Waals surface area contributed by atoms with Crippen LogP contribution in [0.3, 0.4) is 0 Å². The lowest BCUT2D eigenvalue weighted by molar-refractivity contribution is 0.307. The highest BCUT2D eigenvalue weighted by atomic mass is 16.7. The van der Waals surface area contributed by atoms with Gasteiger partial charge in [-0.3, -0.25) is 4.84 Å². The molecule has 1 N–H and O–H groups in total. The van der Waals surface area contributed by atoms with Crippen LogP contribution in [0.15, 0.2) is 5.34 Å². The molecule has 1 aromatic rings. The molecule has 0 atom stereocenters. The van der Waals surface area contributed by atoms with E-state index in [1.54, 1.807) is 0 Å². The maximum atomic E-state index is 9.28. The topological polar surface area (TPSA) is 93.1 Å². The lowest BCUT2D eigenvalue weighted by Gasteiger charge is -1.75. The summed E-state index contributed by atoms with van der Waals surface area (Å²) < 4.78 is 0. The van der Waals surface area contributed by atoms with Crippen molar-refractivity contribution in [3.8, 4) is 6.01 Å². The third-order valence-electron chi connectivity index (χ3n) is 0.445. The Morgan fingerprint density at radius 1 is 1.75 bits per heavy atom. The minimum absolute atomic E-state index is 0.181. The van der Waals surface area contributed by atoms with Crippen molar-refractivity contribution in [2.45, 2.75) is 0 Å². The number of H-pyrrole nitrogens is 1. The Morgan fingerprint density at radius 2 is 2.62 bits per heavy atom. The molecule has 0 aliphatic carbocycles. The molecule has 7 heteroatoms. The van der Waals surface area contributed by atoms with Gasteiger partial charge in [-0.25, -0.2) is 0 Å². The monoisotopic (exact) mass is 115 g/mol. The summed E-state index contributed by atoms with van der Waals surface area (Å²) in [6, 6.07) is -0.181. The van der Waals surface area contributed by atoms with Crippen molar-refractivity contribution in [3.05, 3.63) is 4.91 Å². The summed E-state index contributed by atoms with van der Waals surface area (Å²) in [4.78, 5) is 13.2. The van der Waals surface area contributed by atoms with Crippen LogP contribution in [0, 0.1) is 4.91 Å². The maximum Gasteiger partial charge on any atom is 0.387 e. The van der Waals surface area contributed by atoms with E-state index in [0.717, 1.165) is 0 Å². The quantitative estimate of drug-likeness (QED) is 0.404. The Labute approximate surface area is 43.0 Å². The average molecular weight is 115 g/mol. The molecule has 0 saturated heterocycles. The van der Waals surface area contributed by atoms with Gasteiger partial charge < -0.3 is 0 Å². The van der Waals surface area contributed by atoms with Crippen molar-refractivity contribution in [2.24, 2.45) is 5.34 Å². The number of nitrogens with one attached hydrogen (secondary N) is 1. The Hall–Kier alpha value is -1.53. The number of hydrogen-bond donors (Lipinski definition) is 1. The molecule has 0 amide bonds. The standard InChI is InChI=1S/CHN5O2/c7-6-8-1-2-4-5-3-1/h(H,2,3,4,5). The van der Waals surface area contributed by atoms with Crippen LogP contribution in [-0.2, 0) is 0 Å². The second-order valence-corrected chi connectivity index (χ2v) is 0.860. The molecule has 0 spiro atoms. The smallest absolute Gasteiger partial charge is 0.278 e. The van der Waals surface area contributed by atoms with Crippen LogP contribution >= 0.6 is 0 Å². The molecule has 0 aromatic carbocycles. The first kappa shape index (κ1) is 4.62. The minimum atomic E-state index is -0.181. The molecule has 42 valence electrons. The number of rotatable bonds is 2. The van der Waals surface area contributed by atoms with Crippen LogP contribution < -0.4 is 4.84 Å². The van der Waals surface area contributed by atoms with Gasteiger partial charge >= 0.3 is 6.01 Å². The van der Waals surface area contributed by atoms with Gasteiger partial charge in [-0.05, 0) is 5.21 Å². The molecule has 7 nitrogen and oxygen atoms in total. The zero-order valence-electron chi connectivity index (χ0n) is 3.61. The fourth-order valence-electron chi connectivity index (χ4n) is 0.225. The van der Waals surface area contributed by atoms with Crippen molar-refractivity contribution >= 4 is 0 Å². The van der Waals surface area contributed by atoms with Crippen molar-refractivity contribution in [1.29, 1.82) is 0 Å². The second-order valence-electron chi connectivity index (χ2n) is 0.860. The van der Waals surface area contributed by atoms with Gasteiger partial charge in [-0.15, -0.1) is 4.91 Å². The molecule has 1 rings (SSSR count). The molecule has 0 fully saturated rings. The molecule has 0 bridgehead atoms. The lowest BCUT2D eigenvalue weighted by atomic mass is 11.3. The van der Waals surface area contributed by atoms with Gasteiger partial charge in [0, 0.05) is 0 Å². The van der Waals surface area contributed by atoms with Gasteiger partial charge in [0.25, 0.3) is 0 Å². The summed E-state index contributed by atoms with van der Waals surface area (Å²) in [5.41, 5.74) is 0. The van der Waals surface area contributed by atoms with Gasteiger partial charge in [0.05, 0.1) is 0 Å². The Morgan fingerprint density at radius 3 is 3.12 bits per heavy atom. The largest absolute Gasteiger partial charge is 0.387 e. The SMILES string of the molecule is O=NOc1nn[nH]n1. The van der Waals surface area contributed by atoms with Gasteiger partial charge in [-0.1, -0.05) is 10.2 Å². The van der Waals surface area contributed by atoms with Gasteiger partial charge in [-0.2, -0.15) is 5.21 Å². The molecular weight excluding hydrogens is 114 g/mol. The van der Waals surface area contributed by atoms with E-state index < -0.39 is 0 Å². The highest BCUT2D eigenvalue weighted by Gasteiger charge is 1.94. The van der Waals surface area contributed by atoms with Crippen LogP contribution in [0.1, 0.15) is 0 Å². The van der Waals surface area contributed by atoms with Crippen LogP contribution in [0.25, 0.3) is 0 Å². The molecule has 0 radical (unpaired) electrons. The van der Waals surface area contributed by atoms with E-state index in [-0.39, 0.29) is 6.01 Å². The Bertz CT molecular complexity index is 157. The normalized spacial score (nSPS) is 8.50. The van der Waals surface area contributed by atoms with E-state index >= 15 is 0 Å². The predicted molar refractivity (Wildman–Crippen MR) is 20.6 cm³/mol. The van der Waals surface area contributed by atoms with E-state index in [1.165, 1.54) is 0 Å². The van der Waals surface area contributed by atoms with Gasteiger partial charge in [0.1, 0.15) is 0 Å². The van der Waals surface area contributed by atoms with Crippen molar-refractivity contribution < 1.29 is 4.84 Å². The lowest BCUT2D eigenvalue weighted by Crippen LogP contribution is -1.81. The number of aromatic nitrogens is 4. The molecule has 0 aliphatic rings. The fraction of sp³-hybridized carbons (Fsp3) is 0. The fourth-order valence-corrected chi connectivity index (χ4v) is 0.225. The first-order valence-electron chi connectivity index (χ1n) is 1.66. The van der Waals surface area contributed by atoms with E-state index in [9.17, 15) is 4.91 Å². The van der Waals surface area contributed by atoms with Crippen LogP contribution in [-0.4, -0.2) is 20.6 Å². The number of nitrogens with zero attached hydrogens (tertiary/aromatic N) is 4. The highest BCUT2D eigenvalue weighted by Crippen LogP contribution is 1.91. The average Bonchev–Trinajstić information content (AvgIpc) is 2.19. The van der Waals surface area contributed by atoms with E-state index in [4.69, 9.17) is 0 Å². The Balaban J connectivity index is 2.62. The summed E-state index contributed by atoms with van der Waals surface area (Å²) in [5.74, 6) is 0. The number of hydrogen-bond acceptors (Lipinski definition) is 6. The van der Waals surface area contributed by atoms with Crippen LogP contribution in [0.5, 0.6) is 6.01 Å². The molecular formula is CHN5O2. The Kier molecular flexibility index (Phi) is 1.13. The van der Waals surface area contributed by atoms with Crippen molar-refractivity contribution in [1.82, 2.24) is 20.6 Å². The number of aromatic amines is 1. The van der Waals surface area contributed by atoms with Crippen LogP contribution in [0.4, 0.5) is 0 Å². The van der Waals surface area contributed by atoms with Gasteiger partial charge in [0.15, 0.2) is 5.34 Å². The molecule has 1 heterocycles. The third kappa shape index (κ3) is 0.750. The molecule has 0 unspecified atom stereocenters. The van der Waals surface area contributed by atoms with E-state index in [0.29, 0.717) is 0 Å². The highest BCUT2D eigenvalue weighted by molar-refractivity contribution is 4.78. The molecule has 1 aromatic heterocycles. The predicted octanol–water partition coefficient (Wildman–Crippen LogP) is -0.740. The molecule has 8 heavy (non-hydrogen) atoms. The summed E-state index contributed by atoms with van der Waals surface area (Å²) >= 11 is 0. The first-order chi connectivity index (χ1) is 3.93. The summed E-state index contributed by atoms with van der Waals surface area (Å²) in [6.45, 7) is 0. The zero-order chi connectivity index (χ0) is 5.82. The molecule has 0 aliphatic heterocycles. The minimum Gasteiger partial charge on any atom is -0.278 e. The number of tetrazole rings is 1. The second kappa shape index (κ2) is 1.96. The zero-order valence-corrected chi connectivity index (χ0v) is 3.61. The first-order valence-corrected chi connectivity index (χ1v) is 1.66.